The van der Waals surface area contributed by atoms with E-state index in [9.17, 15) is 13.6 Å². The monoisotopic (exact) mass is 386 g/mol. The molecule has 144 valence electrons. The number of pyridine rings is 1. The molecular weight excluding hydrogens is 370 g/mol. The summed E-state index contributed by atoms with van der Waals surface area (Å²) in [7, 11) is 0. The molecule has 0 atom stereocenters. The Bertz CT molecular complexity index is 1150. The maximum atomic E-state index is 12.4. The molecule has 8 nitrogen and oxygen atoms in total. The van der Waals surface area contributed by atoms with Crippen molar-refractivity contribution in [2.45, 2.75) is 13.3 Å². The largest absolute Gasteiger partial charge is 0.464 e. The highest BCUT2D eigenvalue weighted by Crippen LogP contribution is 2.28. The van der Waals surface area contributed by atoms with E-state index in [4.69, 9.17) is 4.74 Å². The second-order valence-corrected chi connectivity index (χ2v) is 5.94. The number of ether oxygens (including phenoxy) is 1. The van der Waals surface area contributed by atoms with Gasteiger partial charge in [-0.3, -0.25) is 9.20 Å². The molecule has 0 saturated carbocycles. The number of nitrogens with one attached hydrogen (secondary N) is 2. The predicted molar refractivity (Wildman–Crippen MR) is 97.6 cm³/mol. The molecule has 4 aromatic heterocycles. The molecule has 2 N–H and O–H groups in total. The van der Waals surface area contributed by atoms with Crippen LogP contribution in [-0.2, 0) is 0 Å². The number of H-pyrrole nitrogens is 1. The number of hydrogen-bond donors (Lipinski definition) is 2. The molecule has 0 aliphatic carbocycles. The minimum absolute atomic E-state index is 0.173. The van der Waals surface area contributed by atoms with Gasteiger partial charge in [-0.2, -0.15) is 4.98 Å². The quantitative estimate of drug-likeness (QED) is 0.531. The summed E-state index contributed by atoms with van der Waals surface area (Å²) in [6.07, 6.45) is 3.90. The van der Waals surface area contributed by atoms with E-state index in [0.717, 1.165) is 16.5 Å². The van der Waals surface area contributed by atoms with Gasteiger partial charge in [0.15, 0.2) is 0 Å². The third kappa shape index (κ3) is 3.24. The van der Waals surface area contributed by atoms with Crippen LogP contribution >= 0.6 is 0 Å². The summed E-state index contributed by atoms with van der Waals surface area (Å²) in [5, 5.41) is 2.97. The van der Waals surface area contributed by atoms with Crippen LogP contribution in [0.25, 0.3) is 27.8 Å². The van der Waals surface area contributed by atoms with Crippen LogP contribution in [-0.4, -0.2) is 49.8 Å². The van der Waals surface area contributed by atoms with Crippen LogP contribution in [0, 0.1) is 0 Å². The molecule has 28 heavy (non-hydrogen) atoms. The number of hydrogen-bond acceptors (Lipinski definition) is 5. The summed E-state index contributed by atoms with van der Waals surface area (Å²) in [5.41, 5.74) is 2.93. The molecule has 0 bridgehead atoms. The van der Waals surface area contributed by atoms with E-state index < -0.39 is 18.9 Å². The number of aromatic amines is 1. The van der Waals surface area contributed by atoms with Crippen molar-refractivity contribution in [3.8, 4) is 17.1 Å². The predicted octanol–water partition coefficient (Wildman–Crippen LogP) is 2.67. The fraction of sp³-hybridized carbons (Fsp3) is 0.222. The average molecular weight is 386 g/mol. The van der Waals surface area contributed by atoms with Crippen LogP contribution in [0.2, 0.25) is 0 Å². The summed E-state index contributed by atoms with van der Waals surface area (Å²) in [6.45, 7) is 1.60. The molecule has 0 unspecified atom stereocenters. The van der Waals surface area contributed by atoms with Gasteiger partial charge in [0.05, 0.1) is 19.3 Å². The van der Waals surface area contributed by atoms with Gasteiger partial charge in [-0.15, -0.1) is 0 Å². The minimum Gasteiger partial charge on any atom is -0.464 e. The van der Waals surface area contributed by atoms with Crippen molar-refractivity contribution in [2.75, 3.05) is 13.2 Å². The Morgan fingerprint density at radius 1 is 1.32 bits per heavy atom. The first kappa shape index (κ1) is 17.8. The SMILES string of the molecule is CCOc1ncc2c(-c3ccc4ncc(C(=O)NCC(F)F)n4c3)c[nH]c2n1. The molecule has 1 amide bonds. The summed E-state index contributed by atoms with van der Waals surface area (Å²) < 4.78 is 31.6. The fourth-order valence-electron chi connectivity index (χ4n) is 2.90. The number of amides is 1. The third-order valence-corrected chi connectivity index (χ3v) is 4.15. The van der Waals surface area contributed by atoms with Crippen molar-refractivity contribution in [3.05, 3.63) is 42.6 Å². The molecule has 0 spiro atoms. The first-order valence-electron chi connectivity index (χ1n) is 8.57. The van der Waals surface area contributed by atoms with Crippen LogP contribution in [0.4, 0.5) is 8.78 Å². The highest BCUT2D eigenvalue weighted by Gasteiger charge is 2.16. The lowest BCUT2D eigenvalue weighted by Crippen LogP contribution is -2.29. The van der Waals surface area contributed by atoms with Gasteiger partial charge in [-0.25, -0.2) is 18.7 Å². The van der Waals surface area contributed by atoms with Crippen LogP contribution in [0.3, 0.4) is 0 Å². The highest BCUT2D eigenvalue weighted by atomic mass is 19.3. The Kier molecular flexibility index (Phi) is 4.60. The maximum absolute atomic E-state index is 12.4. The van der Waals surface area contributed by atoms with Crippen molar-refractivity contribution >= 4 is 22.6 Å². The smallest absolute Gasteiger partial charge is 0.318 e. The van der Waals surface area contributed by atoms with E-state index in [-0.39, 0.29) is 11.7 Å². The lowest BCUT2D eigenvalue weighted by Gasteiger charge is -2.06. The number of carbonyl (C=O) groups is 1. The lowest BCUT2D eigenvalue weighted by atomic mass is 10.1. The molecule has 0 aromatic carbocycles. The molecule has 0 saturated heterocycles. The third-order valence-electron chi connectivity index (χ3n) is 4.15. The Morgan fingerprint density at radius 3 is 2.96 bits per heavy atom. The normalized spacial score (nSPS) is 11.4. The molecule has 0 fully saturated rings. The van der Waals surface area contributed by atoms with Gasteiger partial charge in [0.1, 0.15) is 17.0 Å². The molecule has 4 heterocycles. The van der Waals surface area contributed by atoms with Gasteiger partial charge >= 0.3 is 6.01 Å². The molecule has 4 aromatic rings. The first-order valence-corrected chi connectivity index (χ1v) is 8.57. The van der Waals surface area contributed by atoms with Gasteiger partial charge in [0.2, 0.25) is 0 Å². The van der Waals surface area contributed by atoms with Crippen LogP contribution in [0.5, 0.6) is 6.01 Å². The lowest BCUT2D eigenvalue weighted by molar-refractivity contribution is 0.0886. The van der Waals surface area contributed by atoms with E-state index in [1.54, 1.807) is 29.1 Å². The number of carbonyl (C=O) groups excluding carboxylic acids is 1. The Labute approximate surface area is 157 Å². The van der Waals surface area contributed by atoms with Crippen molar-refractivity contribution < 1.29 is 18.3 Å². The van der Waals surface area contributed by atoms with E-state index in [2.05, 4.69) is 25.3 Å². The number of aromatic nitrogens is 5. The number of imidazole rings is 1. The van der Waals surface area contributed by atoms with Gasteiger partial charge in [0.25, 0.3) is 12.3 Å². The van der Waals surface area contributed by atoms with E-state index in [1.807, 2.05) is 13.0 Å². The molecule has 4 rings (SSSR count). The molecule has 0 aliphatic heterocycles. The van der Waals surface area contributed by atoms with E-state index >= 15 is 0 Å². The number of alkyl halides is 2. The summed E-state index contributed by atoms with van der Waals surface area (Å²) >= 11 is 0. The van der Waals surface area contributed by atoms with Crippen LogP contribution < -0.4 is 10.1 Å². The molecular formula is C18H16F2N6O2. The zero-order chi connectivity index (χ0) is 19.7. The fourth-order valence-corrected chi connectivity index (χ4v) is 2.90. The zero-order valence-electron chi connectivity index (χ0n) is 14.8. The number of fused-ring (bicyclic) bond motifs is 2. The molecule has 0 radical (unpaired) electrons. The van der Waals surface area contributed by atoms with E-state index in [0.29, 0.717) is 17.9 Å². The summed E-state index contributed by atoms with van der Waals surface area (Å²) in [4.78, 5) is 27.9. The summed E-state index contributed by atoms with van der Waals surface area (Å²) in [6, 6.07) is 3.88. The standard InChI is InChI=1S/C18H16F2N6O2/c1-2-28-18-24-6-12-11(5-22-16(12)25-18)10-3-4-15-21-7-13(26(15)9-10)17(27)23-8-14(19)20/h3-7,9,14H,2,8H2,1H3,(H,23,27)(H,22,24,25). The van der Waals surface area contributed by atoms with Crippen molar-refractivity contribution in [2.24, 2.45) is 0 Å². The molecule has 10 heteroatoms. The Balaban J connectivity index is 1.72. The maximum Gasteiger partial charge on any atom is 0.318 e. The van der Waals surface area contributed by atoms with Crippen molar-refractivity contribution in [1.82, 2.24) is 29.7 Å². The number of rotatable bonds is 6. The summed E-state index contributed by atoms with van der Waals surface area (Å²) in [5.74, 6) is -0.617. The van der Waals surface area contributed by atoms with Gasteiger partial charge < -0.3 is 15.0 Å². The second kappa shape index (κ2) is 7.22. The van der Waals surface area contributed by atoms with Crippen LogP contribution in [0.1, 0.15) is 17.4 Å². The van der Waals surface area contributed by atoms with Crippen molar-refractivity contribution in [3.63, 3.8) is 0 Å². The average Bonchev–Trinajstić information content (AvgIpc) is 3.29. The van der Waals surface area contributed by atoms with Crippen molar-refractivity contribution in [1.29, 1.82) is 0 Å². The first-order chi connectivity index (χ1) is 13.6. The minimum atomic E-state index is -2.62. The van der Waals surface area contributed by atoms with Gasteiger partial charge in [-0.05, 0) is 19.1 Å². The Hall–Kier alpha value is -3.56. The number of nitrogens with zero attached hydrogens (tertiary/aromatic N) is 4. The second-order valence-electron chi connectivity index (χ2n) is 5.94. The Morgan fingerprint density at radius 2 is 2.18 bits per heavy atom. The highest BCUT2D eigenvalue weighted by molar-refractivity contribution is 5.95. The molecule has 0 aliphatic rings. The van der Waals surface area contributed by atoms with Crippen LogP contribution in [0.15, 0.2) is 36.9 Å². The van der Waals surface area contributed by atoms with Gasteiger partial charge in [-0.1, -0.05) is 0 Å². The number of halogens is 2. The zero-order valence-corrected chi connectivity index (χ0v) is 14.8. The topological polar surface area (TPSA) is 97.2 Å². The van der Waals surface area contributed by atoms with Gasteiger partial charge in [0, 0.05) is 35.1 Å². The van der Waals surface area contributed by atoms with E-state index in [1.165, 1.54) is 6.20 Å².